The average molecular weight is 678 g/mol. The van der Waals surface area contributed by atoms with Gasteiger partial charge < -0.3 is 0 Å². The van der Waals surface area contributed by atoms with Gasteiger partial charge in [-0.2, -0.15) is 0 Å². The van der Waals surface area contributed by atoms with Gasteiger partial charge in [0.25, 0.3) is 0 Å². The van der Waals surface area contributed by atoms with Gasteiger partial charge in [0.2, 0.25) is 0 Å². The zero-order valence-corrected chi connectivity index (χ0v) is 29.6. The van der Waals surface area contributed by atoms with Crippen molar-refractivity contribution < 1.29 is 0 Å². The molecular formula is C50H35N3. The first-order valence-electron chi connectivity index (χ1n) is 18.2. The monoisotopic (exact) mass is 677 g/mol. The van der Waals surface area contributed by atoms with Gasteiger partial charge in [0.1, 0.15) is 0 Å². The van der Waals surface area contributed by atoms with E-state index in [2.05, 4.69) is 178 Å². The molecule has 0 atom stereocenters. The number of aromatic nitrogens is 3. The molecule has 53 heavy (non-hydrogen) atoms. The van der Waals surface area contributed by atoms with Crippen molar-refractivity contribution in [3.8, 4) is 67.4 Å². The molecule has 0 saturated heterocycles. The molecule has 3 heteroatoms. The molecule has 0 bridgehead atoms. The minimum atomic E-state index is -0.130. The number of hydrogen-bond donors (Lipinski definition) is 0. The maximum Gasteiger partial charge on any atom is 0.160 e. The van der Waals surface area contributed by atoms with E-state index in [4.69, 9.17) is 15.0 Å². The number of hydrogen-bond acceptors (Lipinski definition) is 3. The van der Waals surface area contributed by atoms with Crippen LogP contribution >= 0.6 is 0 Å². The Morgan fingerprint density at radius 3 is 1.66 bits per heavy atom. The number of rotatable bonds is 5. The third kappa shape index (κ3) is 5.24. The highest BCUT2D eigenvalue weighted by Gasteiger charge is 2.35. The first-order valence-corrected chi connectivity index (χ1v) is 18.2. The summed E-state index contributed by atoms with van der Waals surface area (Å²) in [5, 5.41) is 3.40. The van der Waals surface area contributed by atoms with Gasteiger partial charge in [-0.15, -0.1) is 0 Å². The lowest BCUT2D eigenvalue weighted by atomic mass is 9.82. The molecule has 1 aliphatic carbocycles. The van der Waals surface area contributed by atoms with Gasteiger partial charge in [-0.3, -0.25) is 0 Å². The highest BCUT2D eigenvalue weighted by molar-refractivity contribution is 6.05. The van der Waals surface area contributed by atoms with Gasteiger partial charge in [0, 0.05) is 33.1 Å². The summed E-state index contributed by atoms with van der Waals surface area (Å²) in [6, 6.07) is 62.3. The Kier molecular flexibility index (Phi) is 7.16. The summed E-state index contributed by atoms with van der Waals surface area (Å²) < 4.78 is 0. The highest BCUT2D eigenvalue weighted by Crippen LogP contribution is 2.50. The fraction of sp³-hybridized carbons (Fsp3) is 0.0600. The van der Waals surface area contributed by atoms with Crippen molar-refractivity contribution >= 4 is 21.7 Å². The molecule has 2 heterocycles. The molecule has 0 aliphatic heterocycles. The van der Waals surface area contributed by atoms with Crippen LogP contribution in [0.3, 0.4) is 0 Å². The first-order chi connectivity index (χ1) is 26.0. The van der Waals surface area contributed by atoms with Crippen LogP contribution in [0.5, 0.6) is 0 Å². The minimum absolute atomic E-state index is 0.130. The Labute approximate surface area is 309 Å². The number of nitrogens with zero attached hydrogens (tertiary/aromatic N) is 3. The van der Waals surface area contributed by atoms with Gasteiger partial charge in [0.15, 0.2) is 5.82 Å². The quantitative estimate of drug-likeness (QED) is 0.182. The maximum absolute atomic E-state index is 5.51. The van der Waals surface area contributed by atoms with Crippen molar-refractivity contribution in [2.75, 3.05) is 0 Å². The van der Waals surface area contributed by atoms with E-state index in [-0.39, 0.29) is 5.41 Å². The molecule has 0 unspecified atom stereocenters. The summed E-state index contributed by atoms with van der Waals surface area (Å²) in [5.41, 5.74) is 15.3. The summed E-state index contributed by atoms with van der Waals surface area (Å²) in [6.07, 6.45) is 0. The summed E-state index contributed by atoms with van der Waals surface area (Å²) in [4.78, 5) is 15.9. The molecule has 2 aromatic heterocycles. The predicted molar refractivity (Wildman–Crippen MR) is 220 cm³/mol. The van der Waals surface area contributed by atoms with E-state index in [1.165, 1.54) is 33.4 Å². The lowest BCUT2D eigenvalue weighted by Gasteiger charge is -2.22. The third-order valence-electron chi connectivity index (χ3n) is 10.9. The van der Waals surface area contributed by atoms with E-state index < -0.39 is 0 Å². The van der Waals surface area contributed by atoms with Crippen LogP contribution in [-0.2, 0) is 5.41 Å². The Morgan fingerprint density at radius 2 is 0.962 bits per heavy atom. The molecule has 1 aliphatic rings. The van der Waals surface area contributed by atoms with Crippen LogP contribution in [0.25, 0.3) is 89.1 Å². The molecule has 0 saturated carbocycles. The van der Waals surface area contributed by atoms with Crippen LogP contribution in [0.2, 0.25) is 0 Å². The van der Waals surface area contributed by atoms with Crippen LogP contribution < -0.4 is 0 Å². The summed E-state index contributed by atoms with van der Waals surface area (Å²) in [5.74, 6) is 0.679. The molecular weight excluding hydrogens is 643 g/mol. The van der Waals surface area contributed by atoms with E-state index in [9.17, 15) is 0 Å². The Morgan fingerprint density at radius 1 is 0.358 bits per heavy atom. The zero-order valence-electron chi connectivity index (χ0n) is 29.6. The van der Waals surface area contributed by atoms with Crippen LogP contribution in [0.4, 0.5) is 0 Å². The molecule has 0 radical (unpaired) electrons. The lowest BCUT2D eigenvalue weighted by molar-refractivity contribution is 0.661. The topological polar surface area (TPSA) is 38.7 Å². The molecule has 0 fully saturated rings. The SMILES string of the molecule is CC1(C)c2ccccc2-c2cc3c(-c4ccccc4)cc(-c4cc(-c5nc(-c6ccccc6)cc(-c6ccccc6)n5)cc5ccccc45)nc3cc21. The summed E-state index contributed by atoms with van der Waals surface area (Å²) in [6.45, 7) is 4.66. The van der Waals surface area contributed by atoms with Crippen LogP contribution in [0.15, 0.2) is 176 Å². The van der Waals surface area contributed by atoms with Gasteiger partial charge in [-0.1, -0.05) is 153 Å². The van der Waals surface area contributed by atoms with Crippen LogP contribution in [0.1, 0.15) is 25.0 Å². The summed E-state index contributed by atoms with van der Waals surface area (Å²) in [7, 11) is 0. The highest BCUT2D eigenvalue weighted by atomic mass is 14.9. The van der Waals surface area contributed by atoms with Crippen molar-refractivity contribution in [3.63, 3.8) is 0 Å². The van der Waals surface area contributed by atoms with Crippen molar-refractivity contribution in [2.24, 2.45) is 0 Å². The molecule has 7 aromatic carbocycles. The van der Waals surface area contributed by atoms with Crippen molar-refractivity contribution in [2.45, 2.75) is 19.3 Å². The molecule has 0 amide bonds. The van der Waals surface area contributed by atoms with Crippen molar-refractivity contribution in [1.82, 2.24) is 15.0 Å². The Hall–Kier alpha value is -6.71. The van der Waals surface area contributed by atoms with Gasteiger partial charge in [0.05, 0.1) is 22.6 Å². The number of fused-ring (bicyclic) bond motifs is 5. The normalized spacial score (nSPS) is 12.9. The molecule has 3 nitrogen and oxygen atoms in total. The molecule has 10 rings (SSSR count). The second-order valence-corrected chi connectivity index (χ2v) is 14.4. The number of benzene rings is 7. The van der Waals surface area contributed by atoms with Gasteiger partial charge in [-0.25, -0.2) is 15.0 Å². The smallest absolute Gasteiger partial charge is 0.160 e. The summed E-state index contributed by atoms with van der Waals surface area (Å²) >= 11 is 0. The van der Waals surface area contributed by atoms with E-state index in [1.807, 2.05) is 12.1 Å². The van der Waals surface area contributed by atoms with E-state index in [0.29, 0.717) is 5.82 Å². The van der Waals surface area contributed by atoms with E-state index >= 15 is 0 Å². The average Bonchev–Trinajstić information content (AvgIpc) is 3.45. The van der Waals surface area contributed by atoms with Gasteiger partial charge >= 0.3 is 0 Å². The second-order valence-electron chi connectivity index (χ2n) is 14.4. The standard InChI is InChI=1S/C50H35N3/c1-50(2)43-25-15-14-24-38(43)40-28-42-39(32-16-6-3-7-17-32)29-47(51-48(42)30-44(40)50)41-27-36(26-35-22-12-13-23-37(35)41)49-52-45(33-18-8-4-9-19-33)31-46(53-49)34-20-10-5-11-21-34/h3-31H,1-2H3. The van der Waals surface area contributed by atoms with Crippen LogP contribution in [0, 0.1) is 0 Å². The Balaban J connectivity index is 1.23. The minimum Gasteiger partial charge on any atom is -0.248 e. The fourth-order valence-electron chi connectivity index (χ4n) is 8.16. The predicted octanol–water partition coefficient (Wildman–Crippen LogP) is 12.8. The largest absolute Gasteiger partial charge is 0.248 e. The Bertz CT molecular complexity index is 2780. The van der Waals surface area contributed by atoms with Crippen molar-refractivity contribution in [3.05, 3.63) is 187 Å². The molecule has 250 valence electrons. The van der Waals surface area contributed by atoms with E-state index in [1.54, 1.807) is 0 Å². The lowest BCUT2D eigenvalue weighted by Crippen LogP contribution is -2.14. The fourth-order valence-corrected chi connectivity index (χ4v) is 8.16. The maximum atomic E-state index is 5.51. The molecule has 0 spiro atoms. The second kappa shape index (κ2) is 12.2. The van der Waals surface area contributed by atoms with Crippen molar-refractivity contribution in [1.29, 1.82) is 0 Å². The molecule has 9 aromatic rings. The number of pyridine rings is 1. The third-order valence-corrected chi connectivity index (χ3v) is 10.9. The van der Waals surface area contributed by atoms with Crippen LogP contribution in [-0.4, -0.2) is 15.0 Å². The first kappa shape index (κ1) is 31.1. The molecule has 0 N–H and O–H groups in total. The van der Waals surface area contributed by atoms with E-state index in [0.717, 1.165) is 61.0 Å². The zero-order chi connectivity index (χ0) is 35.5. The van der Waals surface area contributed by atoms with Gasteiger partial charge in [-0.05, 0) is 80.6 Å².